The van der Waals surface area contributed by atoms with E-state index in [0.29, 0.717) is 0 Å². The van der Waals surface area contributed by atoms with Gasteiger partial charge >= 0.3 is 0 Å². The number of anilines is 1. The van der Waals surface area contributed by atoms with Crippen molar-refractivity contribution >= 4 is 27.2 Å². The van der Waals surface area contributed by atoms with E-state index in [2.05, 4.69) is 16.0 Å². The molecule has 0 radical (unpaired) electrons. The minimum absolute atomic E-state index is 0.769. The van der Waals surface area contributed by atoms with Crippen LogP contribution in [0, 0.1) is 6.92 Å². The third-order valence-electron chi connectivity index (χ3n) is 2.64. The first kappa shape index (κ1) is 10.2. The first-order valence-corrected chi connectivity index (χ1v) is 6.14. The number of benzene rings is 1. The number of hydrogen-bond donors (Lipinski definition) is 1. The topological polar surface area (TPSA) is 51.8 Å². The van der Waals surface area contributed by atoms with Gasteiger partial charge in [0.1, 0.15) is 10.7 Å². The van der Waals surface area contributed by atoms with Crippen LogP contribution in [0.4, 0.5) is 5.00 Å². The monoisotopic (exact) mass is 241 g/mol. The predicted molar refractivity (Wildman–Crippen MR) is 72.0 cm³/mol. The molecule has 0 amide bonds. The minimum atomic E-state index is 0.769. The Balaban J connectivity index is 2.21. The molecule has 1 aromatic carbocycles. The van der Waals surface area contributed by atoms with E-state index in [1.165, 1.54) is 11.3 Å². The zero-order valence-electron chi connectivity index (χ0n) is 9.34. The summed E-state index contributed by atoms with van der Waals surface area (Å²) >= 11 is 1.52. The zero-order valence-corrected chi connectivity index (χ0v) is 10.2. The van der Waals surface area contributed by atoms with Gasteiger partial charge in [-0.3, -0.25) is 4.98 Å². The van der Waals surface area contributed by atoms with Gasteiger partial charge in [0.15, 0.2) is 0 Å². The molecular formula is C13H11N3S. The molecule has 4 heteroatoms. The molecule has 0 saturated carbocycles. The van der Waals surface area contributed by atoms with E-state index >= 15 is 0 Å². The fourth-order valence-corrected chi connectivity index (χ4v) is 2.59. The molecule has 0 fully saturated rings. The smallest absolute Gasteiger partial charge is 0.114 e. The maximum atomic E-state index is 5.96. The Kier molecular flexibility index (Phi) is 2.30. The van der Waals surface area contributed by atoms with Crippen molar-refractivity contribution in [3.8, 4) is 11.3 Å². The molecule has 3 nitrogen and oxygen atoms in total. The van der Waals surface area contributed by atoms with Crippen molar-refractivity contribution in [2.24, 2.45) is 0 Å². The third-order valence-corrected chi connectivity index (χ3v) is 3.44. The molecule has 3 rings (SSSR count). The van der Waals surface area contributed by atoms with Gasteiger partial charge in [-0.05, 0) is 25.1 Å². The largest absolute Gasteiger partial charge is 0.389 e. The second kappa shape index (κ2) is 3.82. The average Bonchev–Trinajstić information content (AvgIpc) is 2.68. The lowest BCUT2D eigenvalue weighted by Gasteiger charge is -2.01. The Bertz CT molecular complexity index is 688. The van der Waals surface area contributed by atoms with E-state index in [0.717, 1.165) is 32.2 Å². The number of fused-ring (bicyclic) bond motifs is 1. The number of nitrogens with two attached hydrogens (primary N) is 1. The van der Waals surface area contributed by atoms with Crippen molar-refractivity contribution in [2.75, 3.05) is 5.73 Å². The van der Waals surface area contributed by atoms with Crippen LogP contribution in [0.15, 0.2) is 36.5 Å². The molecule has 2 N–H and O–H groups in total. The van der Waals surface area contributed by atoms with Crippen LogP contribution < -0.4 is 5.73 Å². The van der Waals surface area contributed by atoms with E-state index < -0.39 is 0 Å². The standard InChI is InChI=1S/C13H11N3S/c1-8-16-12(13(14)17-8)10-4-5-11-9(7-10)3-2-6-15-11/h2-7H,14H2,1H3. The SMILES string of the molecule is Cc1nc(-c2ccc3ncccc3c2)c(N)s1. The van der Waals surface area contributed by atoms with E-state index in [-0.39, 0.29) is 0 Å². The Morgan fingerprint density at radius 1 is 1.24 bits per heavy atom. The Morgan fingerprint density at radius 2 is 2.12 bits per heavy atom. The molecule has 0 bridgehead atoms. The summed E-state index contributed by atoms with van der Waals surface area (Å²) in [6.45, 7) is 1.97. The number of rotatable bonds is 1. The maximum Gasteiger partial charge on any atom is 0.114 e. The van der Waals surface area contributed by atoms with Crippen molar-refractivity contribution in [2.45, 2.75) is 6.92 Å². The molecule has 2 heterocycles. The fourth-order valence-electron chi connectivity index (χ4n) is 1.87. The summed E-state index contributed by atoms with van der Waals surface area (Å²) in [5.41, 5.74) is 8.87. The lowest BCUT2D eigenvalue weighted by atomic mass is 10.1. The lowest BCUT2D eigenvalue weighted by Crippen LogP contribution is -1.86. The van der Waals surface area contributed by atoms with Crippen molar-refractivity contribution < 1.29 is 0 Å². The summed E-state index contributed by atoms with van der Waals surface area (Å²) in [6, 6.07) is 10.1. The Hall–Kier alpha value is -1.94. The molecule has 0 saturated heterocycles. The number of aryl methyl sites for hydroxylation is 1. The highest BCUT2D eigenvalue weighted by Gasteiger charge is 2.08. The van der Waals surface area contributed by atoms with Gasteiger partial charge in [-0.25, -0.2) is 4.98 Å². The van der Waals surface area contributed by atoms with Crippen LogP contribution in [0.1, 0.15) is 5.01 Å². The molecule has 0 aliphatic rings. The fraction of sp³-hybridized carbons (Fsp3) is 0.0769. The number of aromatic nitrogens is 2. The second-order valence-electron chi connectivity index (χ2n) is 3.86. The summed E-state index contributed by atoms with van der Waals surface area (Å²) in [6.07, 6.45) is 1.79. The van der Waals surface area contributed by atoms with Crippen LogP contribution in [0.5, 0.6) is 0 Å². The highest BCUT2D eigenvalue weighted by Crippen LogP contribution is 2.31. The van der Waals surface area contributed by atoms with Gasteiger partial charge in [-0.2, -0.15) is 0 Å². The Morgan fingerprint density at radius 3 is 2.88 bits per heavy atom. The molecule has 17 heavy (non-hydrogen) atoms. The van der Waals surface area contributed by atoms with Crippen LogP contribution in [0.3, 0.4) is 0 Å². The summed E-state index contributed by atoms with van der Waals surface area (Å²) < 4.78 is 0. The number of hydrogen-bond acceptors (Lipinski definition) is 4. The van der Waals surface area contributed by atoms with E-state index in [1.807, 2.05) is 31.2 Å². The van der Waals surface area contributed by atoms with Crippen LogP contribution in [-0.4, -0.2) is 9.97 Å². The lowest BCUT2D eigenvalue weighted by molar-refractivity contribution is 1.30. The van der Waals surface area contributed by atoms with Gasteiger partial charge < -0.3 is 5.73 Å². The maximum absolute atomic E-state index is 5.96. The quantitative estimate of drug-likeness (QED) is 0.711. The second-order valence-corrected chi connectivity index (χ2v) is 5.09. The predicted octanol–water partition coefficient (Wildman–Crippen LogP) is 3.25. The molecule has 3 aromatic rings. The minimum Gasteiger partial charge on any atom is -0.389 e. The highest BCUT2D eigenvalue weighted by atomic mass is 32.1. The van der Waals surface area contributed by atoms with Gasteiger partial charge in [-0.15, -0.1) is 11.3 Å². The molecule has 0 aliphatic heterocycles. The summed E-state index contributed by atoms with van der Waals surface area (Å²) in [5.74, 6) is 0. The number of nitrogen functional groups attached to an aromatic ring is 1. The van der Waals surface area contributed by atoms with Crippen LogP contribution in [0.2, 0.25) is 0 Å². The number of thiazole rings is 1. The summed E-state index contributed by atoms with van der Waals surface area (Å²) in [4.78, 5) is 8.75. The van der Waals surface area contributed by atoms with Gasteiger partial charge in [0, 0.05) is 17.1 Å². The highest BCUT2D eigenvalue weighted by molar-refractivity contribution is 7.16. The van der Waals surface area contributed by atoms with Crippen molar-refractivity contribution in [1.82, 2.24) is 9.97 Å². The van der Waals surface area contributed by atoms with Crippen LogP contribution in [-0.2, 0) is 0 Å². The van der Waals surface area contributed by atoms with Crippen molar-refractivity contribution in [3.05, 3.63) is 41.5 Å². The van der Waals surface area contributed by atoms with E-state index in [9.17, 15) is 0 Å². The van der Waals surface area contributed by atoms with E-state index in [1.54, 1.807) is 6.20 Å². The molecular weight excluding hydrogens is 230 g/mol. The van der Waals surface area contributed by atoms with Gasteiger partial charge in [-0.1, -0.05) is 12.1 Å². The molecule has 84 valence electrons. The third kappa shape index (κ3) is 1.76. The molecule has 0 unspecified atom stereocenters. The number of pyridine rings is 1. The average molecular weight is 241 g/mol. The normalized spacial score (nSPS) is 10.9. The Labute approximate surface area is 103 Å². The molecule has 0 aliphatic carbocycles. The zero-order chi connectivity index (χ0) is 11.8. The first-order chi connectivity index (χ1) is 8.24. The molecule has 0 spiro atoms. The number of nitrogens with zero attached hydrogens (tertiary/aromatic N) is 2. The summed E-state index contributed by atoms with van der Waals surface area (Å²) in [5, 5.41) is 2.87. The first-order valence-electron chi connectivity index (χ1n) is 5.32. The van der Waals surface area contributed by atoms with Gasteiger partial charge in [0.05, 0.1) is 10.5 Å². The van der Waals surface area contributed by atoms with Crippen molar-refractivity contribution in [3.63, 3.8) is 0 Å². The molecule has 2 aromatic heterocycles. The van der Waals surface area contributed by atoms with E-state index in [4.69, 9.17) is 5.73 Å². The molecule has 0 atom stereocenters. The van der Waals surface area contributed by atoms with Gasteiger partial charge in [0.25, 0.3) is 0 Å². The van der Waals surface area contributed by atoms with Crippen LogP contribution in [0.25, 0.3) is 22.2 Å². The van der Waals surface area contributed by atoms with Crippen molar-refractivity contribution in [1.29, 1.82) is 0 Å². The van der Waals surface area contributed by atoms with Crippen LogP contribution >= 0.6 is 11.3 Å². The summed E-state index contributed by atoms with van der Waals surface area (Å²) in [7, 11) is 0. The van der Waals surface area contributed by atoms with Gasteiger partial charge in [0.2, 0.25) is 0 Å².